The third-order valence-corrected chi connectivity index (χ3v) is 6.68. The van der Waals surface area contributed by atoms with Crippen molar-refractivity contribution < 1.29 is 18.6 Å². The Morgan fingerprint density at radius 1 is 1.18 bits per heavy atom. The largest absolute Gasteiger partial charge is 0.390 e. The summed E-state index contributed by atoms with van der Waals surface area (Å²) >= 11 is -1.92. The van der Waals surface area contributed by atoms with Crippen LogP contribution in [0.1, 0.15) is 12.0 Å². The van der Waals surface area contributed by atoms with Crippen molar-refractivity contribution in [2.45, 2.75) is 31.6 Å². The molecule has 1 fully saturated rings. The van der Waals surface area contributed by atoms with Crippen molar-refractivity contribution in [3.8, 4) is 11.3 Å². The maximum atomic E-state index is 11.0. The van der Waals surface area contributed by atoms with Gasteiger partial charge in [-0.15, -0.1) is 0 Å². The van der Waals surface area contributed by atoms with Crippen LogP contribution in [0.5, 0.6) is 0 Å². The van der Waals surface area contributed by atoms with Gasteiger partial charge in [0.1, 0.15) is 11.9 Å². The van der Waals surface area contributed by atoms with Crippen molar-refractivity contribution in [1.29, 1.82) is 0 Å². The number of rotatable bonds is 6. The first kappa shape index (κ1) is 21.9. The summed E-state index contributed by atoms with van der Waals surface area (Å²) in [4.78, 5) is 4.44. The molecule has 0 spiro atoms. The van der Waals surface area contributed by atoms with E-state index in [1.165, 1.54) is 10.9 Å². The maximum Gasteiger partial charge on any atom is 0.231 e. The first-order valence-corrected chi connectivity index (χ1v) is 11.8. The number of nitrogens with one attached hydrogen (secondary N) is 1. The Morgan fingerprint density at radius 3 is 2.76 bits per heavy atom. The Bertz CT molecular complexity index is 1340. The summed E-state index contributed by atoms with van der Waals surface area (Å²) < 4.78 is 17.6. The summed E-state index contributed by atoms with van der Waals surface area (Å²) in [6.07, 6.45) is 0.0476. The van der Waals surface area contributed by atoms with E-state index in [-0.39, 0.29) is 6.61 Å². The molecule has 1 unspecified atom stereocenters. The minimum Gasteiger partial charge on any atom is -0.390 e. The maximum absolute atomic E-state index is 11.0. The minimum absolute atomic E-state index is 0.00229. The SMILES string of the molecule is Cc1ccc(-c2cc3nccc(N[C@@H]4C[C@H](COS(N)=O)[C@@H](O)[C@H]4O)n3n2)c2ccccc12. The molecule has 5 N–H and O–H groups in total. The predicted octanol–water partition coefficient (Wildman–Crippen LogP) is 1.93. The standard InChI is InChI=1S/C23H25N5O4S/c1-13-6-7-17(16-5-3-2-4-15(13)16)18-11-21-25-9-8-20(28(21)27-18)26-19-10-14(12-32-33(24)31)22(29)23(19)30/h2-9,11,14,19,22-23,26,29-30H,10,12,24H2,1H3/t14-,19-,22-,23+,33?/m1/s1. The molecule has 1 saturated carbocycles. The number of nitrogens with two attached hydrogens (primary N) is 1. The smallest absolute Gasteiger partial charge is 0.231 e. The molecular formula is C23H25N5O4S. The molecule has 2 aromatic carbocycles. The summed E-state index contributed by atoms with van der Waals surface area (Å²) in [6.45, 7) is 2.09. The van der Waals surface area contributed by atoms with Crippen molar-refractivity contribution in [3.63, 3.8) is 0 Å². The number of hydrogen-bond donors (Lipinski definition) is 4. The Labute approximate surface area is 193 Å². The second-order valence-electron chi connectivity index (χ2n) is 8.38. The van der Waals surface area contributed by atoms with Gasteiger partial charge in [-0.2, -0.15) is 9.61 Å². The number of hydrogen-bond acceptors (Lipinski definition) is 7. The average molecular weight is 468 g/mol. The Morgan fingerprint density at radius 2 is 1.97 bits per heavy atom. The lowest BCUT2D eigenvalue weighted by atomic mass is 9.99. The monoisotopic (exact) mass is 467 g/mol. The molecule has 2 heterocycles. The fraction of sp³-hybridized carbons (Fsp3) is 0.304. The van der Waals surface area contributed by atoms with Crippen LogP contribution in [0, 0.1) is 12.8 Å². The zero-order valence-electron chi connectivity index (χ0n) is 18.0. The van der Waals surface area contributed by atoms with E-state index >= 15 is 0 Å². The zero-order valence-corrected chi connectivity index (χ0v) is 18.8. The number of benzene rings is 2. The van der Waals surface area contributed by atoms with Crippen LogP contribution in [-0.2, 0) is 15.4 Å². The van der Waals surface area contributed by atoms with Crippen molar-refractivity contribution >= 4 is 33.5 Å². The zero-order chi connectivity index (χ0) is 23.1. The summed E-state index contributed by atoms with van der Waals surface area (Å²) in [5.41, 5.74) is 3.66. The van der Waals surface area contributed by atoms with Crippen LogP contribution in [0.2, 0.25) is 0 Å². The number of aromatic nitrogens is 3. The molecule has 0 saturated heterocycles. The molecule has 4 aromatic rings. The fourth-order valence-corrected chi connectivity index (χ4v) is 4.90. The van der Waals surface area contributed by atoms with Gasteiger partial charge in [0.05, 0.1) is 24.4 Å². The van der Waals surface area contributed by atoms with E-state index < -0.39 is 35.4 Å². The quantitative estimate of drug-likeness (QED) is 0.340. The van der Waals surface area contributed by atoms with Gasteiger partial charge in [0, 0.05) is 23.7 Å². The number of fused-ring (bicyclic) bond motifs is 2. The summed E-state index contributed by atoms with van der Waals surface area (Å²) in [5, 5.41) is 36.4. The number of anilines is 1. The van der Waals surface area contributed by atoms with Crippen molar-refractivity contribution in [1.82, 2.24) is 14.6 Å². The van der Waals surface area contributed by atoms with Gasteiger partial charge in [0.25, 0.3) is 0 Å². The third-order valence-electron chi connectivity index (χ3n) is 6.31. The molecule has 9 nitrogen and oxygen atoms in total. The van der Waals surface area contributed by atoms with Gasteiger partial charge in [0.15, 0.2) is 5.65 Å². The van der Waals surface area contributed by atoms with Crippen molar-refractivity contribution in [2.24, 2.45) is 11.1 Å². The summed E-state index contributed by atoms with van der Waals surface area (Å²) in [6, 6.07) is 15.6. The highest BCUT2D eigenvalue weighted by molar-refractivity contribution is 7.77. The molecule has 0 amide bonds. The van der Waals surface area contributed by atoms with Gasteiger partial charge in [-0.05, 0) is 35.7 Å². The van der Waals surface area contributed by atoms with E-state index in [4.69, 9.17) is 14.4 Å². The van der Waals surface area contributed by atoms with Gasteiger partial charge in [-0.1, -0.05) is 36.4 Å². The van der Waals surface area contributed by atoms with Crippen LogP contribution in [0.3, 0.4) is 0 Å². The molecule has 0 aliphatic heterocycles. The van der Waals surface area contributed by atoms with Gasteiger partial charge in [-0.25, -0.2) is 14.3 Å². The molecule has 1 aliphatic rings. The van der Waals surface area contributed by atoms with E-state index in [1.54, 1.807) is 16.8 Å². The van der Waals surface area contributed by atoms with E-state index in [1.807, 2.05) is 18.2 Å². The number of aliphatic hydroxyl groups is 2. The summed E-state index contributed by atoms with van der Waals surface area (Å²) in [7, 11) is 0. The van der Waals surface area contributed by atoms with E-state index in [9.17, 15) is 14.4 Å². The Hall–Kier alpha value is -2.89. The second-order valence-corrected chi connectivity index (χ2v) is 9.13. The molecule has 2 aromatic heterocycles. The van der Waals surface area contributed by atoms with Crippen LogP contribution in [0.25, 0.3) is 27.7 Å². The molecule has 172 valence electrons. The highest BCUT2D eigenvalue weighted by Gasteiger charge is 2.42. The highest BCUT2D eigenvalue weighted by atomic mass is 32.2. The van der Waals surface area contributed by atoms with E-state index in [2.05, 4.69) is 41.5 Å². The number of nitrogens with zero attached hydrogens (tertiary/aromatic N) is 3. The minimum atomic E-state index is -1.92. The molecular weight excluding hydrogens is 442 g/mol. The normalized spacial score (nSPS) is 23.9. The van der Waals surface area contributed by atoms with Gasteiger partial charge >= 0.3 is 0 Å². The molecule has 1 aliphatic carbocycles. The molecule has 0 bridgehead atoms. The van der Waals surface area contributed by atoms with Crippen LogP contribution in [-0.4, -0.2) is 53.9 Å². The van der Waals surface area contributed by atoms with Crippen molar-refractivity contribution in [2.75, 3.05) is 11.9 Å². The average Bonchev–Trinajstić information content (AvgIpc) is 3.35. The topological polar surface area (TPSA) is 135 Å². The number of aliphatic hydroxyl groups excluding tert-OH is 2. The van der Waals surface area contributed by atoms with Crippen molar-refractivity contribution in [3.05, 3.63) is 60.3 Å². The first-order chi connectivity index (χ1) is 15.9. The van der Waals surface area contributed by atoms with E-state index in [0.717, 1.165) is 16.6 Å². The molecule has 10 heteroatoms. The van der Waals surface area contributed by atoms with Crippen LogP contribution in [0.4, 0.5) is 5.82 Å². The van der Waals surface area contributed by atoms with Crippen LogP contribution in [0.15, 0.2) is 54.7 Å². The highest BCUT2D eigenvalue weighted by Crippen LogP contribution is 2.32. The predicted molar refractivity (Wildman–Crippen MR) is 126 cm³/mol. The Kier molecular flexibility index (Phi) is 5.85. The lowest BCUT2D eigenvalue weighted by Crippen LogP contribution is -2.36. The van der Waals surface area contributed by atoms with Crippen LogP contribution < -0.4 is 10.5 Å². The first-order valence-electron chi connectivity index (χ1n) is 10.7. The van der Waals surface area contributed by atoms with Gasteiger partial charge in [0.2, 0.25) is 11.3 Å². The Balaban J connectivity index is 1.46. The molecule has 5 atom stereocenters. The second kappa shape index (κ2) is 8.81. The molecule has 5 rings (SSSR count). The lowest BCUT2D eigenvalue weighted by Gasteiger charge is -2.19. The third kappa shape index (κ3) is 4.11. The van der Waals surface area contributed by atoms with E-state index in [0.29, 0.717) is 17.9 Å². The number of aryl methyl sites for hydroxylation is 1. The summed E-state index contributed by atoms with van der Waals surface area (Å²) in [5.74, 6) is 0.248. The fourth-order valence-electron chi connectivity index (χ4n) is 4.59. The van der Waals surface area contributed by atoms with Gasteiger partial charge < -0.3 is 15.5 Å². The molecule has 0 radical (unpaired) electrons. The van der Waals surface area contributed by atoms with Crippen LogP contribution >= 0.6 is 0 Å². The van der Waals surface area contributed by atoms with Gasteiger partial charge in [-0.3, -0.25) is 4.18 Å². The lowest BCUT2D eigenvalue weighted by molar-refractivity contribution is 0.00834. The molecule has 33 heavy (non-hydrogen) atoms.